The van der Waals surface area contributed by atoms with Crippen LogP contribution in [0.25, 0.3) is 0 Å². The third kappa shape index (κ3) is 3.50. The van der Waals surface area contributed by atoms with E-state index < -0.39 is 5.54 Å². The van der Waals surface area contributed by atoms with Gasteiger partial charge in [-0.25, -0.2) is 0 Å². The van der Waals surface area contributed by atoms with E-state index in [2.05, 4.69) is 5.32 Å². The van der Waals surface area contributed by atoms with Crippen molar-refractivity contribution in [3.8, 4) is 0 Å². The summed E-state index contributed by atoms with van der Waals surface area (Å²) in [5.74, 6) is -0.761. The first-order chi connectivity index (χ1) is 13.0. The van der Waals surface area contributed by atoms with Crippen molar-refractivity contribution in [3.63, 3.8) is 0 Å². The number of carbonyl (C=O) groups excluding carboxylic acids is 3. The van der Waals surface area contributed by atoms with Crippen LogP contribution in [0.4, 0.5) is 0 Å². The molecule has 1 heterocycles. The lowest BCUT2D eigenvalue weighted by atomic mass is 9.92. The fraction of sp³-hybridized carbons (Fsp3) is 0.571. The summed E-state index contributed by atoms with van der Waals surface area (Å²) in [6.07, 6.45) is 6.42. The van der Waals surface area contributed by atoms with Gasteiger partial charge in [-0.3, -0.25) is 19.3 Å². The second kappa shape index (κ2) is 7.80. The monoisotopic (exact) mass is 371 g/mol. The van der Waals surface area contributed by atoms with Crippen LogP contribution < -0.4 is 11.1 Å². The first-order valence-corrected chi connectivity index (χ1v) is 10.0. The van der Waals surface area contributed by atoms with Gasteiger partial charge in [-0.2, -0.15) is 0 Å². The smallest absolute Gasteiger partial charge is 0.261 e. The quantitative estimate of drug-likeness (QED) is 0.752. The van der Waals surface area contributed by atoms with Crippen LogP contribution in [0.1, 0.15) is 89.9 Å². The van der Waals surface area contributed by atoms with Gasteiger partial charge in [-0.05, 0) is 43.9 Å². The third-order valence-corrected chi connectivity index (χ3v) is 6.24. The van der Waals surface area contributed by atoms with E-state index >= 15 is 0 Å². The molecule has 1 aromatic rings. The summed E-state index contributed by atoms with van der Waals surface area (Å²) in [7, 11) is 0. The Morgan fingerprint density at radius 1 is 1.11 bits per heavy atom. The number of imide groups is 1. The van der Waals surface area contributed by atoms with Crippen molar-refractivity contribution in [2.45, 2.75) is 70.4 Å². The minimum absolute atomic E-state index is 0.0199. The molecule has 146 valence electrons. The van der Waals surface area contributed by atoms with Crippen molar-refractivity contribution in [2.24, 2.45) is 5.73 Å². The Balaban J connectivity index is 1.84. The molecular formula is C21H29N3O3. The van der Waals surface area contributed by atoms with E-state index in [1.807, 2.05) is 13.8 Å². The van der Waals surface area contributed by atoms with Crippen molar-refractivity contribution in [3.05, 3.63) is 34.9 Å². The standard InChI is InChI=1S/C21H29N3O3/c1-3-21(4-2,13-22)23-18(25)14-10-11-16-17(12-14)20(27)24(19(16)26)15-8-6-5-7-9-15/h10-12,15H,3-9,13,22H2,1-2H3,(H,23,25). The predicted octanol–water partition coefficient (Wildman–Crippen LogP) is 2.86. The fourth-order valence-electron chi connectivity index (χ4n) is 4.15. The normalized spacial score (nSPS) is 18.0. The molecule has 1 aliphatic heterocycles. The maximum atomic E-state index is 12.9. The summed E-state index contributed by atoms with van der Waals surface area (Å²) in [5.41, 5.74) is 6.54. The topological polar surface area (TPSA) is 92.5 Å². The Morgan fingerprint density at radius 3 is 2.33 bits per heavy atom. The molecule has 1 aliphatic carbocycles. The zero-order valence-corrected chi connectivity index (χ0v) is 16.2. The number of benzene rings is 1. The Bertz CT molecular complexity index is 741. The van der Waals surface area contributed by atoms with E-state index in [9.17, 15) is 14.4 Å². The van der Waals surface area contributed by atoms with Crippen LogP contribution in [0.5, 0.6) is 0 Å². The molecule has 1 fully saturated rings. The average molecular weight is 371 g/mol. The highest BCUT2D eigenvalue weighted by molar-refractivity contribution is 6.22. The first kappa shape index (κ1) is 19.5. The number of nitrogens with two attached hydrogens (primary N) is 1. The number of rotatable bonds is 6. The second-order valence-corrected chi connectivity index (χ2v) is 7.68. The van der Waals surface area contributed by atoms with Crippen LogP contribution in [-0.2, 0) is 0 Å². The molecule has 6 nitrogen and oxygen atoms in total. The van der Waals surface area contributed by atoms with Gasteiger partial charge in [0, 0.05) is 18.2 Å². The molecule has 2 aliphatic rings. The van der Waals surface area contributed by atoms with E-state index in [1.165, 1.54) is 4.90 Å². The highest BCUT2D eigenvalue weighted by Crippen LogP contribution is 2.31. The van der Waals surface area contributed by atoms with E-state index in [4.69, 9.17) is 5.73 Å². The summed E-state index contributed by atoms with van der Waals surface area (Å²) in [6, 6.07) is 4.76. The fourth-order valence-corrected chi connectivity index (χ4v) is 4.15. The van der Waals surface area contributed by atoms with Crippen LogP contribution in [0, 0.1) is 0 Å². The summed E-state index contributed by atoms with van der Waals surface area (Å²) < 4.78 is 0. The van der Waals surface area contributed by atoms with Gasteiger partial charge < -0.3 is 11.1 Å². The van der Waals surface area contributed by atoms with E-state index in [0.717, 1.165) is 44.9 Å². The Hall–Kier alpha value is -2.21. The lowest BCUT2D eigenvalue weighted by Crippen LogP contribution is -2.52. The minimum atomic E-state index is -0.454. The number of fused-ring (bicyclic) bond motifs is 1. The molecule has 3 rings (SSSR count). The zero-order chi connectivity index (χ0) is 19.6. The van der Waals surface area contributed by atoms with Crippen LogP contribution in [0.15, 0.2) is 18.2 Å². The number of hydrogen-bond acceptors (Lipinski definition) is 4. The highest BCUT2D eigenvalue weighted by atomic mass is 16.2. The molecule has 6 heteroatoms. The second-order valence-electron chi connectivity index (χ2n) is 7.68. The summed E-state index contributed by atoms with van der Waals surface area (Å²) >= 11 is 0. The number of nitrogens with zero attached hydrogens (tertiary/aromatic N) is 1. The molecule has 0 unspecified atom stereocenters. The maximum Gasteiger partial charge on any atom is 0.261 e. The Morgan fingerprint density at radius 2 is 1.74 bits per heavy atom. The van der Waals surface area contributed by atoms with E-state index in [0.29, 0.717) is 23.2 Å². The van der Waals surface area contributed by atoms with Crippen LogP contribution in [0.2, 0.25) is 0 Å². The van der Waals surface area contributed by atoms with E-state index in [-0.39, 0.29) is 23.8 Å². The summed E-state index contributed by atoms with van der Waals surface area (Å²) in [4.78, 5) is 39.8. The van der Waals surface area contributed by atoms with Crippen molar-refractivity contribution in [1.82, 2.24) is 10.2 Å². The van der Waals surface area contributed by atoms with Gasteiger partial charge in [0.1, 0.15) is 0 Å². The molecule has 0 radical (unpaired) electrons. The highest BCUT2D eigenvalue weighted by Gasteiger charge is 2.40. The first-order valence-electron chi connectivity index (χ1n) is 10.0. The van der Waals surface area contributed by atoms with Crippen molar-refractivity contribution in [1.29, 1.82) is 0 Å². The molecule has 0 bridgehead atoms. The number of carbonyl (C=O) groups is 3. The molecule has 27 heavy (non-hydrogen) atoms. The lowest BCUT2D eigenvalue weighted by Gasteiger charge is -2.31. The molecule has 0 atom stereocenters. The summed E-state index contributed by atoms with van der Waals surface area (Å²) in [5, 5.41) is 3.01. The number of nitrogens with one attached hydrogen (secondary N) is 1. The zero-order valence-electron chi connectivity index (χ0n) is 16.2. The molecule has 1 saturated carbocycles. The maximum absolute atomic E-state index is 12.9. The van der Waals surface area contributed by atoms with Crippen LogP contribution in [-0.4, -0.2) is 40.7 Å². The Labute approximate surface area is 160 Å². The van der Waals surface area contributed by atoms with Gasteiger partial charge >= 0.3 is 0 Å². The van der Waals surface area contributed by atoms with Gasteiger partial charge in [0.15, 0.2) is 0 Å². The van der Waals surface area contributed by atoms with Gasteiger partial charge in [-0.1, -0.05) is 33.1 Å². The van der Waals surface area contributed by atoms with Crippen molar-refractivity contribution in [2.75, 3.05) is 6.54 Å². The van der Waals surface area contributed by atoms with Crippen LogP contribution in [0.3, 0.4) is 0 Å². The van der Waals surface area contributed by atoms with Gasteiger partial charge in [-0.15, -0.1) is 0 Å². The predicted molar refractivity (Wildman–Crippen MR) is 104 cm³/mol. The molecule has 0 saturated heterocycles. The van der Waals surface area contributed by atoms with Crippen molar-refractivity contribution >= 4 is 17.7 Å². The average Bonchev–Trinajstić information content (AvgIpc) is 2.96. The Kier molecular flexibility index (Phi) is 5.65. The van der Waals surface area contributed by atoms with Crippen LogP contribution >= 0.6 is 0 Å². The molecular weight excluding hydrogens is 342 g/mol. The summed E-state index contributed by atoms with van der Waals surface area (Å²) in [6.45, 7) is 4.33. The molecule has 0 aromatic heterocycles. The van der Waals surface area contributed by atoms with Gasteiger partial charge in [0.2, 0.25) is 0 Å². The van der Waals surface area contributed by atoms with E-state index in [1.54, 1.807) is 18.2 Å². The van der Waals surface area contributed by atoms with Gasteiger partial charge in [0.25, 0.3) is 17.7 Å². The molecule has 3 amide bonds. The van der Waals surface area contributed by atoms with Crippen molar-refractivity contribution < 1.29 is 14.4 Å². The SMILES string of the molecule is CCC(CC)(CN)NC(=O)c1ccc2c(c1)C(=O)N(C1CCCCC1)C2=O. The molecule has 1 aromatic carbocycles. The number of hydrogen-bond donors (Lipinski definition) is 2. The third-order valence-electron chi connectivity index (χ3n) is 6.24. The minimum Gasteiger partial charge on any atom is -0.345 e. The lowest BCUT2D eigenvalue weighted by molar-refractivity contribution is 0.0548. The molecule has 0 spiro atoms. The molecule has 3 N–H and O–H groups in total. The largest absolute Gasteiger partial charge is 0.345 e. The number of amides is 3. The van der Waals surface area contributed by atoms with Gasteiger partial charge in [0.05, 0.1) is 16.7 Å².